The van der Waals surface area contributed by atoms with Crippen LogP contribution in [-0.2, 0) is 18.0 Å². The summed E-state index contributed by atoms with van der Waals surface area (Å²) in [6, 6.07) is 11.2. The standard InChI is InChI=1S/C15H14N2O2S/c1-11-2-4-13(5-3-11)20(19)17-9-7-14-12(10-18)6-8-16-15(14)17/h2-9,18H,10H2,1H3. The predicted molar refractivity (Wildman–Crippen MR) is 78.6 cm³/mol. The number of fused-ring (bicyclic) bond motifs is 1. The van der Waals surface area contributed by atoms with Gasteiger partial charge in [-0.2, -0.15) is 0 Å². The molecular formula is C15H14N2O2S. The van der Waals surface area contributed by atoms with E-state index in [-0.39, 0.29) is 6.61 Å². The zero-order chi connectivity index (χ0) is 14.1. The van der Waals surface area contributed by atoms with Crippen molar-refractivity contribution in [2.45, 2.75) is 18.4 Å². The van der Waals surface area contributed by atoms with Crippen molar-refractivity contribution in [2.24, 2.45) is 0 Å². The molecule has 0 spiro atoms. The van der Waals surface area contributed by atoms with Crippen LogP contribution in [0, 0.1) is 6.92 Å². The van der Waals surface area contributed by atoms with Crippen molar-refractivity contribution in [2.75, 3.05) is 0 Å². The third kappa shape index (κ3) is 2.20. The number of aliphatic hydroxyl groups excluding tert-OH is 1. The Labute approximate surface area is 120 Å². The number of pyridine rings is 1. The highest BCUT2D eigenvalue weighted by molar-refractivity contribution is 7.90. The van der Waals surface area contributed by atoms with Crippen LogP contribution in [0.5, 0.6) is 0 Å². The van der Waals surface area contributed by atoms with E-state index in [0.29, 0.717) is 5.65 Å². The average molecular weight is 286 g/mol. The van der Waals surface area contributed by atoms with Crippen LogP contribution in [0.2, 0.25) is 0 Å². The number of benzene rings is 1. The van der Waals surface area contributed by atoms with Crippen molar-refractivity contribution in [1.82, 2.24) is 8.96 Å². The molecule has 1 unspecified atom stereocenters. The summed E-state index contributed by atoms with van der Waals surface area (Å²) in [7, 11) is 0. The molecular weight excluding hydrogens is 272 g/mol. The zero-order valence-electron chi connectivity index (χ0n) is 11.0. The highest BCUT2D eigenvalue weighted by Gasteiger charge is 2.18. The fourth-order valence-corrected chi connectivity index (χ4v) is 3.18. The van der Waals surface area contributed by atoms with Gasteiger partial charge in [-0.25, -0.2) is 4.98 Å². The quantitative estimate of drug-likeness (QED) is 0.752. The molecule has 0 radical (unpaired) electrons. The van der Waals surface area contributed by atoms with E-state index in [4.69, 9.17) is 0 Å². The third-order valence-corrected chi connectivity index (χ3v) is 4.54. The fourth-order valence-electron chi connectivity index (χ4n) is 2.11. The fraction of sp³-hybridized carbons (Fsp3) is 0.133. The number of hydrogen-bond acceptors (Lipinski definition) is 3. The monoisotopic (exact) mass is 286 g/mol. The predicted octanol–water partition coefficient (Wildman–Crippen LogP) is 2.41. The number of nitrogens with zero attached hydrogens (tertiary/aromatic N) is 2. The molecule has 102 valence electrons. The number of aliphatic hydroxyl groups is 1. The zero-order valence-corrected chi connectivity index (χ0v) is 11.8. The molecule has 0 fully saturated rings. The van der Waals surface area contributed by atoms with Gasteiger partial charge < -0.3 is 9.66 Å². The van der Waals surface area contributed by atoms with E-state index in [0.717, 1.165) is 21.4 Å². The summed E-state index contributed by atoms with van der Waals surface area (Å²) in [5.41, 5.74) is 2.54. The molecule has 0 aliphatic heterocycles. The molecule has 1 atom stereocenters. The molecule has 1 aromatic carbocycles. The Kier molecular flexibility index (Phi) is 3.48. The van der Waals surface area contributed by atoms with Crippen molar-refractivity contribution in [1.29, 1.82) is 0 Å². The number of aryl methyl sites for hydroxylation is 1. The highest BCUT2D eigenvalue weighted by atomic mass is 32.2. The van der Waals surface area contributed by atoms with E-state index >= 15 is 0 Å². The van der Waals surface area contributed by atoms with Gasteiger partial charge in [0, 0.05) is 11.6 Å². The maximum atomic E-state index is 12.6. The van der Waals surface area contributed by atoms with Crippen molar-refractivity contribution in [3.63, 3.8) is 0 Å². The van der Waals surface area contributed by atoms with Crippen LogP contribution in [-0.4, -0.2) is 18.6 Å². The molecule has 2 heterocycles. The first kappa shape index (κ1) is 13.2. The van der Waals surface area contributed by atoms with E-state index < -0.39 is 11.4 Å². The highest BCUT2D eigenvalue weighted by Crippen LogP contribution is 2.23. The maximum Gasteiger partial charge on any atom is 0.187 e. The Balaban J connectivity index is 2.08. The second kappa shape index (κ2) is 5.28. The Morgan fingerprint density at radius 1 is 1.20 bits per heavy atom. The normalized spacial score (nSPS) is 12.8. The molecule has 20 heavy (non-hydrogen) atoms. The molecule has 3 aromatic rings. The first-order valence-corrected chi connectivity index (χ1v) is 7.36. The third-order valence-electron chi connectivity index (χ3n) is 3.22. The molecule has 0 amide bonds. The molecule has 3 rings (SSSR count). The lowest BCUT2D eigenvalue weighted by Gasteiger charge is -2.11. The van der Waals surface area contributed by atoms with Gasteiger partial charge in [-0.15, -0.1) is 3.97 Å². The van der Waals surface area contributed by atoms with Gasteiger partial charge in [0.05, 0.1) is 12.8 Å². The molecule has 5 heteroatoms. The molecule has 0 bridgehead atoms. The van der Waals surface area contributed by atoms with E-state index in [1.165, 1.54) is 0 Å². The summed E-state index contributed by atoms with van der Waals surface area (Å²) in [5.74, 6) is 0. The van der Waals surface area contributed by atoms with E-state index in [2.05, 4.69) is 4.98 Å². The van der Waals surface area contributed by atoms with Crippen LogP contribution in [0.4, 0.5) is 0 Å². The van der Waals surface area contributed by atoms with Gasteiger partial charge in [0.25, 0.3) is 0 Å². The minimum absolute atomic E-state index is 0.0554. The van der Waals surface area contributed by atoms with Gasteiger partial charge in [0.2, 0.25) is 0 Å². The summed E-state index contributed by atoms with van der Waals surface area (Å²) < 4.78 is 14.2. The number of hydrogen-bond donors (Lipinski definition) is 1. The van der Waals surface area contributed by atoms with Crippen LogP contribution in [0.25, 0.3) is 11.0 Å². The molecule has 0 aliphatic carbocycles. The van der Waals surface area contributed by atoms with Crippen LogP contribution >= 0.6 is 0 Å². The number of rotatable bonds is 3. The lowest BCUT2D eigenvalue weighted by molar-refractivity contribution is 0.283. The second-order valence-electron chi connectivity index (χ2n) is 4.57. The second-order valence-corrected chi connectivity index (χ2v) is 5.93. The molecule has 0 saturated heterocycles. The molecule has 1 N–H and O–H groups in total. The summed E-state index contributed by atoms with van der Waals surface area (Å²) in [5, 5.41) is 10.1. The van der Waals surface area contributed by atoms with E-state index in [1.54, 1.807) is 22.4 Å². The lowest BCUT2D eigenvalue weighted by atomic mass is 10.2. The summed E-state index contributed by atoms with van der Waals surface area (Å²) in [6.45, 7) is 1.94. The van der Waals surface area contributed by atoms with Crippen LogP contribution in [0.15, 0.2) is 53.7 Å². The first-order chi connectivity index (χ1) is 9.70. The minimum Gasteiger partial charge on any atom is -0.587 e. The molecule has 0 saturated carbocycles. The van der Waals surface area contributed by atoms with E-state index in [9.17, 15) is 9.66 Å². The average Bonchev–Trinajstić information content (AvgIpc) is 2.91. The van der Waals surface area contributed by atoms with Gasteiger partial charge in [-0.3, -0.25) is 0 Å². The van der Waals surface area contributed by atoms with Crippen molar-refractivity contribution in [3.05, 3.63) is 59.9 Å². The van der Waals surface area contributed by atoms with Gasteiger partial charge in [0.1, 0.15) is 11.4 Å². The SMILES string of the molecule is Cc1ccc([S+]([O-])n2ccc3c(CO)ccnc32)cc1. The summed E-state index contributed by atoms with van der Waals surface area (Å²) in [6.07, 6.45) is 3.36. The van der Waals surface area contributed by atoms with Gasteiger partial charge in [0.15, 0.2) is 10.5 Å². The molecule has 0 aliphatic rings. The van der Waals surface area contributed by atoms with Crippen LogP contribution < -0.4 is 0 Å². The minimum atomic E-state index is -1.34. The lowest BCUT2D eigenvalue weighted by Crippen LogP contribution is -2.12. The van der Waals surface area contributed by atoms with Gasteiger partial charge in [-0.05, 0) is 36.8 Å². The van der Waals surface area contributed by atoms with Gasteiger partial charge in [-0.1, -0.05) is 17.7 Å². The smallest absolute Gasteiger partial charge is 0.187 e. The summed E-state index contributed by atoms with van der Waals surface area (Å²) in [4.78, 5) is 5.00. The Bertz CT molecular complexity index is 737. The van der Waals surface area contributed by atoms with Crippen molar-refractivity contribution >= 4 is 22.4 Å². The first-order valence-electron chi connectivity index (χ1n) is 6.25. The van der Waals surface area contributed by atoms with Crippen LogP contribution in [0.3, 0.4) is 0 Å². The Morgan fingerprint density at radius 3 is 2.65 bits per heavy atom. The molecule has 4 nitrogen and oxygen atoms in total. The van der Waals surface area contributed by atoms with Crippen LogP contribution in [0.1, 0.15) is 11.1 Å². The van der Waals surface area contributed by atoms with E-state index in [1.807, 2.05) is 37.3 Å². The number of aromatic nitrogens is 2. The molecule has 2 aromatic heterocycles. The van der Waals surface area contributed by atoms with Gasteiger partial charge >= 0.3 is 0 Å². The largest absolute Gasteiger partial charge is 0.587 e. The summed E-state index contributed by atoms with van der Waals surface area (Å²) >= 11 is -1.34. The Morgan fingerprint density at radius 2 is 1.95 bits per heavy atom. The Hall–Kier alpha value is -1.82. The van der Waals surface area contributed by atoms with Crippen molar-refractivity contribution < 1.29 is 9.66 Å². The topological polar surface area (TPSA) is 61.1 Å². The maximum absolute atomic E-state index is 12.6. The van der Waals surface area contributed by atoms with Crippen molar-refractivity contribution in [3.8, 4) is 0 Å².